The van der Waals surface area contributed by atoms with Crippen molar-refractivity contribution >= 4 is 29.8 Å². The molecule has 0 saturated carbocycles. The molecule has 0 spiro atoms. The molecule has 15 heteroatoms. The maximum absolute atomic E-state index is 15.6. The molecule has 1 unspecified atom stereocenters. The lowest BCUT2D eigenvalue weighted by Gasteiger charge is -2.22. The number of hydrogen-bond donors (Lipinski definition) is 3. The number of esters is 1. The highest BCUT2D eigenvalue weighted by atomic mass is 32.2. The summed E-state index contributed by atoms with van der Waals surface area (Å²) in [4.78, 5) is 31.1. The number of carbonyl (C=O) groups excluding carboxylic acids is 1. The molecular weight excluding hydrogens is 596 g/mol. The summed E-state index contributed by atoms with van der Waals surface area (Å²) in [6.07, 6.45) is 4.65. The number of halogens is 2. The molecule has 0 aliphatic carbocycles. The van der Waals surface area contributed by atoms with Gasteiger partial charge in [0.25, 0.3) is 5.88 Å². The van der Waals surface area contributed by atoms with E-state index < -0.39 is 35.4 Å². The molecule has 5 rings (SSSR count). The highest BCUT2D eigenvalue weighted by Crippen LogP contribution is 2.41. The first-order valence-electron chi connectivity index (χ1n) is 13.0. The van der Waals surface area contributed by atoms with E-state index in [-0.39, 0.29) is 40.8 Å². The Hall–Kier alpha value is -5.15. The van der Waals surface area contributed by atoms with Crippen LogP contribution in [0.3, 0.4) is 0 Å². The smallest absolute Gasteiger partial charge is 0.341 e. The minimum absolute atomic E-state index is 0.111. The molecule has 3 heterocycles. The molecule has 0 bridgehead atoms. The Morgan fingerprint density at radius 2 is 1.86 bits per heavy atom. The van der Waals surface area contributed by atoms with Gasteiger partial charge in [0.05, 0.1) is 18.4 Å². The van der Waals surface area contributed by atoms with Crippen molar-refractivity contribution in [3.63, 3.8) is 0 Å². The third-order valence-electron chi connectivity index (χ3n) is 6.23. The summed E-state index contributed by atoms with van der Waals surface area (Å²) in [5.74, 6) is -5.17. The number of nitrogen functional groups attached to an aromatic ring is 1. The number of benzene rings is 2. The summed E-state index contributed by atoms with van der Waals surface area (Å²) in [5.41, 5.74) is 6.42. The number of phenols is 1. The number of nitrogens with two attached hydrogens (primary N) is 1. The van der Waals surface area contributed by atoms with E-state index in [1.54, 1.807) is 25.3 Å². The van der Waals surface area contributed by atoms with E-state index in [2.05, 4.69) is 19.9 Å². The molecule has 1 aliphatic heterocycles. The van der Waals surface area contributed by atoms with Crippen molar-refractivity contribution in [2.45, 2.75) is 23.1 Å². The number of phenolic OH excluding ortho intramolecular Hbond substituents is 1. The van der Waals surface area contributed by atoms with Crippen LogP contribution >= 0.6 is 11.8 Å². The summed E-state index contributed by atoms with van der Waals surface area (Å²) in [7, 11) is 1.83. The van der Waals surface area contributed by atoms with Gasteiger partial charge >= 0.3 is 5.97 Å². The fraction of sp³-hybridized carbons (Fsp3) is 0.172. The normalized spacial score (nSPS) is 14.4. The van der Waals surface area contributed by atoms with Crippen molar-refractivity contribution in [1.29, 1.82) is 5.41 Å². The third-order valence-corrected chi connectivity index (χ3v) is 7.11. The highest BCUT2D eigenvalue weighted by Gasteiger charge is 2.27. The average molecular weight is 622 g/mol. The van der Waals surface area contributed by atoms with Crippen LogP contribution < -0.4 is 15.2 Å². The van der Waals surface area contributed by atoms with Gasteiger partial charge in [-0.1, -0.05) is 0 Å². The molecule has 226 valence electrons. The van der Waals surface area contributed by atoms with Crippen molar-refractivity contribution in [2.24, 2.45) is 10.7 Å². The number of nitrogens with one attached hydrogen (secondary N) is 1. The maximum atomic E-state index is 15.6. The summed E-state index contributed by atoms with van der Waals surface area (Å²) >= 11 is 1.20. The molecule has 4 aromatic rings. The molecule has 1 aliphatic rings. The summed E-state index contributed by atoms with van der Waals surface area (Å²) in [5, 5.41) is 18.1. The second kappa shape index (κ2) is 13.0. The minimum Gasteiger partial charge on any atom is -0.504 e. The molecule has 0 amide bonds. The van der Waals surface area contributed by atoms with Crippen molar-refractivity contribution in [3.8, 4) is 28.9 Å². The Morgan fingerprint density at radius 3 is 2.55 bits per heavy atom. The topological polar surface area (TPSA) is 169 Å². The van der Waals surface area contributed by atoms with Gasteiger partial charge < -0.3 is 25.1 Å². The van der Waals surface area contributed by atoms with Crippen LogP contribution in [0.2, 0.25) is 0 Å². The van der Waals surface area contributed by atoms with Crippen LogP contribution in [0.15, 0.2) is 70.0 Å². The minimum atomic E-state index is -1.26. The van der Waals surface area contributed by atoms with Crippen molar-refractivity contribution in [1.82, 2.24) is 19.9 Å². The Balaban J connectivity index is 1.45. The zero-order valence-electron chi connectivity index (χ0n) is 23.3. The van der Waals surface area contributed by atoms with Crippen LogP contribution in [0.25, 0.3) is 0 Å². The molecule has 4 N–H and O–H groups in total. The van der Waals surface area contributed by atoms with Crippen LogP contribution in [0, 0.1) is 17.0 Å². The largest absolute Gasteiger partial charge is 0.504 e. The lowest BCUT2D eigenvalue weighted by molar-refractivity contribution is 0.0525. The number of aromatic hydroxyl groups is 1. The van der Waals surface area contributed by atoms with Gasteiger partial charge in [0.1, 0.15) is 17.8 Å². The molecule has 2 aromatic carbocycles. The molecule has 12 nitrogen and oxygen atoms in total. The van der Waals surface area contributed by atoms with Crippen LogP contribution in [0.5, 0.6) is 28.9 Å². The number of hydrogen-bond acceptors (Lipinski definition) is 12. The average Bonchev–Trinajstić information content (AvgIpc) is 3.44. The first-order valence-corrected chi connectivity index (χ1v) is 13.9. The van der Waals surface area contributed by atoms with Crippen LogP contribution in [-0.2, 0) is 4.74 Å². The molecule has 0 radical (unpaired) electrons. The standard InChI is InChI=1S/C29H25F2N7O5S/c1-3-41-28(40)16-12-36-29(37-13-16)44-17-5-7-21(18(11-17)26-34-8-9-38(26)2)42-24-19(30)14-35-27(23(24)31)43-22-10-15(25(32)33)4-6-20(22)39/h4-8,10-14,26,39H,3,9H2,1-2H3,(H3,32,33). The van der Waals surface area contributed by atoms with E-state index in [1.165, 1.54) is 48.4 Å². The highest BCUT2D eigenvalue weighted by molar-refractivity contribution is 7.99. The quantitative estimate of drug-likeness (QED) is 0.0936. The van der Waals surface area contributed by atoms with E-state index in [1.807, 2.05) is 11.9 Å². The molecular formula is C29H25F2N7O5S. The summed E-state index contributed by atoms with van der Waals surface area (Å²) in [6.45, 7) is 2.47. The number of ether oxygens (including phenoxy) is 3. The first-order chi connectivity index (χ1) is 21.1. The maximum Gasteiger partial charge on any atom is 0.341 e. The summed E-state index contributed by atoms with van der Waals surface area (Å²) in [6, 6.07) is 8.75. The van der Waals surface area contributed by atoms with E-state index >= 15 is 4.39 Å². The zero-order valence-corrected chi connectivity index (χ0v) is 24.1. The van der Waals surface area contributed by atoms with Gasteiger partial charge in [0.15, 0.2) is 22.5 Å². The van der Waals surface area contributed by atoms with Gasteiger partial charge in [-0.2, -0.15) is 4.39 Å². The Bertz CT molecular complexity index is 1760. The predicted molar refractivity (Wildman–Crippen MR) is 156 cm³/mol. The lowest BCUT2D eigenvalue weighted by atomic mass is 10.1. The predicted octanol–water partition coefficient (Wildman–Crippen LogP) is 5.07. The monoisotopic (exact) mass is 621 g/mol. The van der Waals surface area contributed by atoms with E-state index in [0.29, 0.717) is 22.2 Å². The number of pyridine rings is 1. The molecule has 44 heavy (non-hydrogen) atoms. The fourth-order valence-electron chi connectivity index (χ4n) is 4.06. The van der Waals surface area contributed by atoms with E-state index in [9.17, 15) is 14.3 Å². The first kappa shape index (κ1) is 30.3. The van der Waals surface area contributed by atoms with Crippen LogP contribution in [-0.4, -0.2) is 63.2 Å². The SMILES string of the molecule is CCOC(=O)c1cnc(Sc2ccc(Oc3c(F)cnc(Oc4cc(C(=N)N)ccc4O)c3F)c(C3N=CCN3C)c2)nc1. The van der Waals surface area contributed by atoms with Crippen molar-refractivity contribution in [2.75, 3.05) is 20.2 Å². The number of amidine groups is 1. The second-order valence-corrected chi connectivity index (χ2v) is 10.3. The molecule has 0 saturated heterocycles. The summed E-state index contributed by atoms with van der Waals surface area (Å²) < 4.78 is 46.7. The van der Waals surface area contributed by atoms with Crippen molar-refractivity contribution in [3.05, 3.63) is 83.3 Å². The zero-order chi connectivity index (χ0) is 31.4. The van der Waals surface area contributed by atoms with Gasteiger partial charge in [-0.3, -0.25) is 15.3 Å². The van der Waals surface area contributed by atoms with Crippen molar-refractivity contribution < 1.29 is 32.9 Å². The lowest BCUT2D eigenvalue weighted by Crippen LogP contribution is -2.19. The van der Waals surface area contributed by atoms with E-state index in [0.717, 1.165) is 6.20 Å². The molecule has 1 atom stereocenters. The molecule has 2 aromatic heterocycles. The van der Waals surface area contributed by atoms with Gasteiger partial charge in [-0.05, 0) is 62.1 Å². The van der Waals surface area contributed by atoms with Gasteiger partial charge in [-0.25, -0.2) is 24.1 Å². The Morgan fingerprint density at radius 1 is 1.09 bits per heavy atom. The van der Waals surface area contributed by atoms with Crippen LogP contribution in [0.1, 0.15) is 34.6 Å². The molecule has 0 fully saturated rings. The van der Waals surface area contributed by atoms with Gasteiger partial charge in [0, 0.05) is 41.2 Å². The number of nitrogens with zero attached hydrogens (tertiary/aromatic N) is 5. The number of aliphatic imine (C=N–C) groups is 1. The number of rotatable bonds is 10. The van der Waals surface area contributed by atoms with Crippen LogP contribution in [0.4, 0.5) is 8.78 Å². The van der Waals surface area contributed by atoms with Gasteiger partial charge in [0.2, 0.25) is 11.6 Å². The Labute approximate surface area is 254 Å². The second-order valence-electron chi connectivity index (χ2n) is 9.28. The fourth-order valence-corrected chi connectivity index (χ4v) is 4.80. The van der Waals surface area contributed by atoms with Gasteiger partial charge in [-0.15, -0.1) is 0 Å². The number of aromatic nitrogens is 3. The Kier molecular flexibility index (Phi) is 8.96. The van der Waals surface area contributed by atoms with E-state index in [4.69, 9.17) is 25.4 Å². The number of carbonyl (C=O) groups is 1. The third kappa shape index (κ3) is 6.58.